The first-order valence-electron chi connectivity index (χ1n) is 21.5. The molecule has 11 rings (SSSR count). The van der Waals surface area contributed by atoms with Crippen LogP contribution >= 0.6 is 0 Å². The first kappa shape index (κ1) is 37.1. The molecule has 0 radical (unpaired) electrons. The van der Waals surface area contributed by atoms with Crippen molar-refractivity contribution in [1.29, 1.82) is 0 Å². The lowest BCUT2D eigenvalue weighted by atomic mass is 9.33. The summed E-state index contributed by atoms with van der Waals surface area (Å²) in [4.78, 5) is 7.39. The van der Waals surface area contributed by atoms with Crippen LogP contribution in [0.1, 0.15) is 52.7 Å². The lowest BCUT2D eigenvalue weighted by molar-refractivity contribution is 0.590. The Balaban J connectivity index is 1.24. The number of benzene rings is 8. The van der Waals surface area contributed by atoms with Crippen LogP contribution in [0.2, 0.25) is 0 Å². The summed E-state index contributed by atoms with van der Waals surface area (Å²) in [5, 5.41) is 2.29. The molecule has 0 bridgehead atoms. The molecule has 0 atom stereocenters. The molecule has 0 saturated carbocycles. The molecular weight excluding hydrogens is 741 g/mol. The van der Waals surface area contributed by atoms with Gasteiger partial charge in [0.15, 0.2) is 0 Å². The molecule has 0 unspecified atom stereocenters. The normalized spacial score (nSPS) is 13.3. The van der Waals surface area contributed by atoms with Gasteiger partial charge in [-0.05, 0) is 135 Å². The minimum absolute atomic E-state index is 0.00660. The van der Waals surface area contributed by atoms with Crippen molar-refractivity contribution in [1.82, 2.24) is 0 Å². The average molecular weight is 790 g/mol. The van der Waals surface area contributed by atoms with E-state index in [9.17, 15) is 0 Å². The van der Waals surface area contributed by atoms with E-state index in [0.717, 1.165) is 56.1 Å². The van der Waals surface area contributed by atoms with Gasteiger partial charge in [0.05, 0.1) is 0 Å². The standard InChI is InChI=1S/C56H48BN3O/c1-55(2,3)37-27-30-52-44(31-37)45-35-49-47(36-53(45)61-52)57-46-29-28-43(58(39-19-11-7-12-20-39)40-21-13-8-14-22-40)34-48(46)59(41-23-15-9-16-24-41)50-32-38(56(4,5)6)33-51(54(50)57)60(49)42-25-17-10-18-26-42/h7-36H,1-6H3. The van der Waals surface area contributed by atoms with E-state index in [1.807, 2.05) is 0 Å². The fourth-order valence-electron chi connectivity index (χ4n) is 9.60. The molecule has 4 nitrogen and oxygen atoms in total. The molecule has 5 heteroatoms. The van der Waals surface area contributed by atoms with Gasteiger partial charge >= 0.3 is 0 Å². The van der Waals surface area contributed by atoms with Crippen LogP contribution in [0.4, 0.5) is 51.2 Å². The summed E-state index contributed by atoms with van der Waals surface area (Å²) in [7, 11) is 0. The molecule has 3 heterocycles. The van der Waals surface area contributed by atoms with Gasteiger partial charge in [-0.1, -0.05) is 126 Å². The molecule has 2 aliphatic rings. The van der Waals surface area contributed by atoms with Gasteiger partial charge in [-0.2, -0.15) is 0 Å². The molecule has 0 spiro atoms. The first-order valence-corrected chi connectivity index (χ1v) is 21.5. The second kappa shape index (κ2) is 13.8. The summed E-state index contributed by atoms with van der Waals surface area (Å²) in [6.45, 7) is 13.8. The zero-order valence-electron chi connectivity index (χ0n) is 35.6. The van der Waals surface area contributed by atoms with Crippen LogP contribution in [0.3, 0.4) is 0 Å². The minimum atomic E-state index is -0.125. The monoisotopic (exact) mass is 789 g/mol. The zero-order chi connectivity index (χ0) is 41.6. The van der Waals surface area contributed by atoms with Crippen LogP contribution in [0.15, 0.2) is 186 Å². The van der Waals surface area contributed by atoms with Crippen LogP contribution in [-0.2, 0) is 10.8 Å². The molecule has 0 aliphatic carbocycles. The van der Waals surface area contributed by atoms with Crippen molar-refractivity contribution in [2.75, 3.05) is 14.7 Å². The van der Waals surface area contributed by atoms with Gasteiger partial charge in [0, 0.05) is 62.0 Å². The highest BCUT2D eigenvalue weighted by atomic mass is 16.3. The summed E-state index contributed by atoms with van der Waals surface area (Å²) in [6, 6.07) is 66.7. The van der Waals surface area contributed by atoms with Gasteiger partial charge in [0.2, 0.25) is 0 Å². The number of hydrogen-bond acceptors (Lipinski definition) is 4. The second-order valence-corrected chi connectivity index (χ2v) is 18.7. The van der Waals surface area contributed by atoms with Crippen molar-refractivity contribution in [2.45, 2.75) is 52.4 Å². The molecule has 0 N–H and O–H groups in total. The maximum Gasteiger partial charge on any atom is 0.252 e. The van der Waals surface area contributed by atoms with Gasteiger partial charge in [0.25, 0.3) is 6.71 Å². The summed E-state index contributed by atoms with van der Waals surface area (Å²) < 4.78 is 6.81. The highest BCUT2D eigenvalue weighted by Gasteiger charge is 2.45. The lowest BCUT2D eigenvalue weighted by Crippen LogP contribution is -2.61. The molecular formula is C56H48BN3O. The van der Waals surface area contributed by atoms with Crippen molar-refractivity contribution in [3.8, 4) is 0 Å². The van der Waals surface area contributed by atoms with E-state index in [-0.39, 0.29) is 17.5 Å². The van der Waals surface area contributed by atoms with E-state index in [4.69, 9.17) is 4.42 Å². The van der Waals surface area contributed by atoms with Crippen LogP contribution in [-0.4, -0.2) is 6.71 Å². The van der Waals surface area contributed by atoms with Gasteiger partial charge in [-0.3, -0.25) is 0 Å². The Morgan fingerprint density at radius 3 is 1.46 bits per heavy atom. The number of anilines is 9. The lowest BCUT2D eigenvalue weighted by Gasteiger charge is -2.45. The summed E-state index contributed by atoms with van der Waals surface area (Å²) in [5.41, 5.74) is 18.4. The number of nitrogens with zero attached hydrogens (tertiary/aromatic N) is 3. The van der Waals surface area contributed by atoms with Crippen molar-refractivity contribution >= 4 is 96.2 Å². The molecule has 0 saturated heterocycles. The summed E-state index contributed by atoms with van der Waals surface area (Å²) in [6.07, 6.45) is 0. The third-order valence-corrected chi connectivity index (χ3v) is 12.7. The Bertz CT molecular complexity index is 3070. The predicted octanol–water partition coefficient (Wildman–Crippen LogP) is 13.7. The predicted molar refractivity (Wildman–Crippen MR) is 260 cm³/mol. The molecule has 61 heavy (non-hydrogen) atoms. The topological polar surface area (TPSA) is 22.9 Å². The van der Waals surface area contributed by atoms with Crippen LogP contribution < -0.4 is 31.1 Å². The second-order valence-electron chi connectivity index (χ2n) is 18.7. The Morgan fingerprint density at radius 1 is 0.410 bits per heavy atom. The van der Waals surface area contributed by atoms with Crippen LogP contribution in [0.5, 0.6) is 0 Å². The van der Waals surface area contributed by atoms with E-state index >= 15 is 0 Å². The largest absolute Gasteiger partial charge is 0.456 e. The Hall–Kier alpha value is -6.98. The van der Waals surface area contributed by atoms with E-state index in [2.05, 4.69) is 238 Å². The number of rotatable bonds is 5. The molecule has 1 aromatic heterocycles. The van der Waals surface area contributed by atoms with E-state index < -0.39 is 0 Å². The fraction of sp³-hybridized carbons (Fsp3) is 0.143. The highest BCUT2D eigenvalue weighted by Crippen LogP contribution is 2.48. The third kappa shape index (κ3) is 6.05. The summed E-state index contributed by atoms with van der Waals surface area (Å²) in [5.74, 6) is 0. The van der Waals surface area contributed by atoms with Crippen LogP contribution in [0, 0.1) is 0 Å². The Morgan fingerprint density at radius 2 is 0.918 bits per heavy atom. The minimum Gasteiger partial charge on any atom is -0.456 e. The SMILES string of the molecule is CC(C)(C)c1cc2c3c(c1)N(c1ccccc1)c1cc4c(cc1B3c1ccc(N(c3ccccc3)c3ccccc3)cc1N2c1ccccc1)oc1ccc(C(C)(C)C)cc14. The maximum atomic E-state index is 6.81. The molecule has 9 aromatic rings. The number of para-hydroxylation sites is 4. The van der Waals surface area contributed by atoms with E-state index in [1.165, 1.54) is 44.6 Å². The van der Waals surface area contributed by atoms with Gasteiger partial charge in [-0.25, -0.2) is 0 Å². The van der Waals surface area contributed by atoms with E-state index in [0.29, 0.717) is 0 Å². The first-order chi connectivity index (χ1) is 29.5. The third-order valence-electron chi connectivity index (χ3n) is 12.7. The number of furan rings is 1. The highest BCUT2D eigenvalue weighted by molar-refractivity contribution is 7.00. The molecule has 8 aromatic carbocycles. The molecule has 0 fully saturated rings. The van der Waals surface area contributed by atoms with Gasteiger partial charge in [-0.15, -0.1) is 0 Å². The quantitative estimate of drug-likeness (QED) is 0.162. The maximum absolute atomic E-state index is 6.81. The fourth-order valence-corrected chi connectivity index (χ4v) is 9.60. The molecule has 2 aliphatic heterocycles. The molecule has 296 valence electrons. The smallest absolute Gasteiger partial charge is 0.252 e. The number of hydrogen-bond donors (Lipinski definition) is 0. The van der Waals surface area contributed by atoms with Crippen LogP contribution in [0.25, 0.3) is 21.9 Å². The molecule has 0 amide bonds. The van der Waals surface area contributed by atoms with Crippen molar-refractivity contribution < 1.29 is 4.42 Å². The van der Waals surface area contributed by atoms with Gasteiger partial charge in [0.1, 0.15) is 11.2 Å². The summed E-state index contributed by atoms with van der Waals surface area (Å²) >= 11 is 0. The van der Waals surface area contributed by atoms with Crippen molar-refractivity contribution in [3.63, 3.8) is 0 Å². The van der Waals surface area contributed by atoms with Crippen molar-refractivity contribution in [3.05, 3.63) is 193 Å². The van der Waals surface area contributed by atoms with Gasteiger partial charge < -0.3 is 19.1 Å². The Kier molecular flexibility index (Phi) is 8.38. The average Bonchev–Trinajstić information content (AvgIpc) is 3.63. The number of fused-ring (bicyclic) bond motifs is 7. The van der Waals surface area contributed by atoms with Crippen molar-refractivity contribution in [2.24, 2.45) is 0 Å². The Labute approximate surface area is 359 Å². The van der Waals surface area contributed by atoms with E-state index in [1.54, 1.807) is 0 Å². The zero-order valence-corrected chi connectivity index (χ0v) is 35.6.